The summed E-state index contributed by atoms with van der Waals surface area (Å²) in [7, 11) is 1.72. The Labute approximate surface area is 165 Å². The van der Waals surface area contributed by atoms with Crippen molar-refractivity contribution in [1.82, 2.24) is 15.2 Å². The maximum atomic E-state index is 12.3. The van der Waals surface area contributed by atoms with Gasteiger partial charge in [-0.05, 0) is 55.0 Å². The number of likely N-dealkylation sites (tertiary alicyclic amines) is 1. The average Bonchev–Trinajstić information content (AvgIpc) is 3.17. The molecule has 1 amide bonds. The number of benzene rings is 1. The number of aromatic nitrogens is 1. The van der Waals surface area contributed by atoms with Crippen LogP contribution < -0.4 is 10.1 Å². The molecule has 0 spiro atoms. The number of β-amino-alcohol motifs (C(OH)–C–C–N with tert-alkyl or cyclic N) is 1. The number of hydrogen-bond donors (Lipinski definition) is 2. The molecule has 4 rings (SSSR count). The molecule has 2 aliphatic rings. The van der Waals surface area contributed by atoms with Crippen LogP contribution in [0.15, 0.2) is 36.5 Å². The molecular weight excluding hydrogens is 354 g/mol. The highest BCUT2D eigenvalue weighted by Crippen LogP contribution is 2.31. The zero-order chi connectivity index (χ0) is 19.5. The van der Waals surface area contributed by atoms with Gasteiger partial charge in [-0.25, -0.2) is 0 Å². The predicted octanol–water partition coefficient (Wildman–Crippen LogP) is 1.94. The van der Waals surface area contributed by atoms with E-state index in [1.54, 1.807) is 31.5 Å². The Morgan fingerprint density at radius 3 is 2.86 bits per heavy atom. The topological polar surface area (TPSA) is 74.7 Å². The summed E-state index contributed by atoms with van der Waals surface area (Å²) in [6.07, 6.45) is 5.16. The Kier molecular flexibility index (Phi) is 5.59. The minimum absolute atomic E-state index is 0.238. The van der Waals surface area contributed by atoms with Gasteiger partial charge in [-0.2, -0.15) is 0 Å². The summed E-state index contributed by atoms with van der Waals surface area (Å²) >= 11 is 0. The number of amides is 1. The molecule has 28 heavy (non-hydrogen) atoms. The van der Waals surface area contributed by atoms with Crippen molar-refractivity contribution < 1.29 is 14.6 Å². The Bertz CT molecular complexity index is 840. The molecule has 2 heterocycles. The molecule has 0 radical (unpaired) electrons. The van der Waals surface area contributed by atoms with Crippen molar-refractivity contribution in [2.45, 2.75) is 44.4 Å². The molecule has 1 fully saturated rings. The number of aliphatic hydroxyl groups excluding tert-OH is 1. The first-order valence-electron chi connectivity index (χ1n) is 9.95. The molecule has 2 N–H and O–H groups in total. The summed E-state index contributed by atoms with van der Waals surface area (Å²) in [5.74, 6) is 0.694. The summed E-state index contributed by atoms with van der Waals surface area (Å²) in [6, 6.07) is 9.42. The summed E-state index contributed by atoms with van der Waals surface area (Å²) in [5, 5.41) is 13.5. The van der Waals surface area contributed by atoms with Crippen LogP contribution in [0.5, 0.6) is 5.75 Å². The Balaban J connectivity index is 1.38. The molecule has 2 atom stereocenters. The van der Waals surface area contributed by atoms with Crippen molar-refractivity contribution in [2.24, 2.45) is 0 Å². The van der Waals surface area contributed by atoms with E-state index in [0.717, 1.165) is 31.7 Å². The zero-order valence-electron chi connectivity index (χ0n) is 16.2. The SMILES string of the molecule is COc1cc2c(cc1CN1CC[C@@H](NC(=O)c3ccccn3)[C@H](O)C1)CCC2. The number of piperidine rings is 1. The first kappa shape index (κ1) is 18.9. The van der Waals surface area contributed by atoms with Crippen LogP contribution in [0, 0.1) is 0 Å². The van der Waals surface area contributed by atoms with Gasteiger partial charge >= 0.3 is 0 Å². The lowest BCUT2D eigenvalue weighted by molar-refractivity contribution is 0.0346. The molecule has 6 heteroatoms. The van der Waals surface area contributed by atoms with Crippen LogP contribution in [0.1, 0.15) is 40.0 Å². The van der Waals surface area contributed by atoms with Gasteiger partial charge in [0.25, 0.3) is 5.91 Å². The minimum Gasteiger partial charge on any atom is -0.496 e. The van der Waals surface area contributed by atoms with E-state index < -0.39 is 6.10 Å². The second kappa shape index (κ2) is 8.29. The van der Waals surface area contributed by atoms with E-state index in [1.165, 1.54) is 23.1 Å². The number of aryl methyl sites for hydroxylation is 2. The van der Waals surface area contributed by atoms with Crippen molar-refractivity contribution in [3.05, 3.63) is 58.9 Å². The van der Waals surface area contributed by atoms with Crippen molar-refractivity contribution in [2.75, 3.05) is 20.2 Å². The molecule has 0 bridgehead atoms. The number of fused-ring (bicyclic) bond motifs is 1. The molecule has 1 aliphatic heterocycles. The van der Waals surface area contributed by atoms with Gasteiger partial charge in [0.1, 0.15) is 11.4 Å². The van der Waals surface area contributed by atoms with Crippen molar-refractivity contribution in [1.29, 1.82) is 0 Å². The first-order valence-corrected chi connectivity index (χ1v) is 9.95. The van der Waals surface area contributed by atoms with Gasteiger partial charge in [0, 0.05) is 31.4 Å². The highest BCUT2D eigenvalue weighted by Gasteiger charge is 2.30. The smallest absolute Gasteiger partial charge is 0.270 e. The number of nitrogens with zero attached hydrogens (tertiary/aromatic N) is 2. The summed E-state index contributed by atoms with van der Waals surface area (Å²) in [4.78, 5) is 18.6. The fraction of sp³-hybridized carbons (Fsp3) is 0.455. The average molecular weight is 381 g/mol. The number of aliphatic hydroxyl groups is 1. The van der Waals surface area contributed by atoms with Crippen LogP contribution in [-0.4, -0.2) is 53.2 Å². The van der Waals surface area contributed by atoms with Crippen molar-refractivity contribution >= 4 is 5.91 Å². The highest BCUT2D eigenvalue weighted by atomic mass is 16.5. The fourth-order valence-electron chi connectivity index (χ4n) is 4.26. The normalized spacial score (nSPS) is 21.9. The van der Waals surface area contributed by atoms with Crippen LogP contribution >= 0.6 is 0 Å². The molecule has 148 valence electrons. The molecule has 1 aromatic heterocycles. The van der Waals surface area contributed by atoms with Gasteiger partial charge in [-0.1, -0.05) is 12.1 Å². The molecule has 0 saturated carbocycles. The summed E-state index contributed by atoms with van der Waals surface area (Å²) in [5.41, 5.74) is 4.37. The molecule has 6 nitrogen and oxygen atoms in total. The van der Waals surface area contributed by atoms with Gasteiger partial charge in [0.05, 0.1) is 19.3 Å². The number of carbonyl (C=O) groups is 1. The number of nitrogens with one attached hydrogen (secondary N) is 1. The van der Waals surface area contributed by atoms with E-state index in [9.17, 15) is 9.90 Å². The van der Waals surface area contributed by atoms with Crippen LogP contribution in [0.4, 0.5) is 0 Å². The fourth-order valence-corrected chi connectivity index (χ4v) is 4.26. The molecule has 1 aliphatic carbocycles. The number of hydrogen-bond acceptors (Lipinski definition) is 5. The molecule has 0 unspecified atom stereocenters. The third kappa shape index (κ3) is 4.03. The lowest BCUT2D eigenvalue weighted by Gasteiger charge is -2.36. The van der Waals surface area contributed by atoms with Gasteiger partial charge < -0.3 is 15.2 Å². The lowest BCUT2D eigenvalue weighted by Crippen LogP contribution is -2.53. The second-order valence-electron chi connectivity index (χ2n) is 7.67. The number of ether oxygens (including phenoxy) is 1. The van der Waals surface area contributed by atoms with Gasteiger partial charge in [0.2, 0.25) is 0 Å². The van der Waals surface area contributed by atoms with E-state index in [1.807, 2.05) is 0 Å². The second-order valence-corrected chi connectivity index (χ2v) is 7.67. The first-order chi connectivity index (χ1) is 13.6. The number of rotatable bonds is 5. The number of pyridine rings is 1. The Hall–Kier alpha value is -2.44. The number of methoxy groups -OCH3 is 1. The largest absolute Gasteiger partial charge is 0.496 e. The molecule has 2 aromatic rings. The molecule has 1 saturated heterocycles. The quantitative estimate of drug-likeness (QED) is 0.828. The van der Waals surface area contributed by atoms with Crippen LogP contribution in [0.25, 0.3) is 0 Å². The predicted molar refractivity (Wildman–Crippen MR) is 106 cm³/mol. The van der Waals surface area contributed by atoms with Crippen LogP contribution in [-0.2, 0) is 19.4 Å². The third-order valence-electron chi connectivity index (χ3n) is 5.77. The maximum absolute atomic E-state index is 12.3. The van der Waals surface area contributed by atoms with Crippen LogP contribution in [0.2, 0.25) is 0 Å². The Morgan fingerprint density at radius 2 is 2.14 bits per heavy atom. The van der Waals surface area contributed by atoms with E-state index in [-0.39, 0.29) is 11.9 Å². The molecular formula is C22H27N3O3. The summed E-state index contributed by atoms with van der Waals surface area (Å²) in [6.45, 7) is 2.08. The molecule has 1 aromatic carbocycles. The van der Waals surface area contributed by atoms with Crippen molar-refractivity contribution in [3.8, 4) is 5.75 Å². The monoisotopic (exact) mass is 381 g/mol. The van der Waals surface area contributed by atoms with Gasteiger partial charge in [0.15, 0.2) is 0 Å². The highest BCUT2D eigenvalue weighted by molar-refractivity contribution is 5.92. The van der Waals surface area contributed by atoms with E-state index in [0.29, 0.717) is 18.7 Å². The summed E-state index contributed by atoms with van der Waals surface area (Å²) < 4.78 is 5.61. The minimum atomic E-state index is -0.609. The van der Waals surface area contributed by atoms with E-state index in [4.69, 9.17) is 4.74 Å². The van der Waals surface area contributed by atoms with E-state index >= 15 is 0 Å². The van der Waals surface area contributed by atoms with Crippen molar-refractivity contribution in [3.63, 3.8) is 0 Å². The third-order valence-corrected chi connectivity index (χ3v) is 5.77. The number of carbonyl (C=O) groups excluding carboxylic acids is 1. The van der Waals surface area contributed by atoms with E-state index in [2.05, 4.69) is 27.3 Å². The lowest BCUT2D eigenvalue weighted by atomic mass is 9.99. The van der Waals surface area contributed by atoms with Gasteiger partial charge in [-0.3, -0.25) is 14.7 Å². The maximum Gasteiger partial charge on any atom is 0.270 e. The van der Waals surface area contributed by atoms with Gasteiger partial charge in [-0.15, -0.1) is 0 Å². The van der Waals surface area contributed by atoms with Crippen LogP contribution in [0.3, 0.4) is 0 Å². The zero-order valence-corrected chi connectivity index (χ0v) is 16.2. The Morgan fingerprint density at radius 1 is 1.32 bits per heavy atom. The standard InChI is InChI=1S/C22H27N3O3/c1-28-21-12-16-6-4-5-15(16)11-17(21)13-25-10-8-18(20(26)14-25)24-22(27)19-7-2-3-9-23-19/h2-3,7,9,11-12,18,20,26H,4-6,8,10,13-14H2,1H3,(H,24,27)/t18-,20-/m1/s1.